The van der Waals surface area contributed by atoms with Gasteiger partial charge < -0.3 is 18.6 Å². The second-order valence-electron chi connectivity index (χ2n) is 6.86. The van der Waals surface area contributed by atoms with Crippen molar-refractivity contribution in [3.63, 3.8) is 0 Å². The van der Waals surface area contributed by atoms with Gasteiger partial charge in [-0.1, -0.05) is 13.2 Å². The van der Waals surface area contributed by atoms with E-state index in [2.05, 4.69) is 13.2 Å². The van der Waals surface area contributed by atoms with Crippen LogP contribution in [0.2, 0.25) is 0 Å². The molecule has 0 N–H and O–H groups in total. The Morgan fingerprint density at radius 3 is 1.71 bits per heavy atom. The van der Waals surface area contributed by atoms with Gasteiger partial charge in [0.15, 0.2) is 0 Å². The predicted molar refractivity (Wildman–Crippen MR) is 116 cm³/mol. The van der Waals surface area contributed by atoms with Crippen molar-refractivity contribution in [2.45, 2.75) is 13.8 Å². The van der Waals surface area contributed by atoms with Crippen molar-refractivity contribution in [1.29, 1.82) is 0 Å². The zero-order valence-corrected chi connectivity index (χ0v) is 17.3. The van der Waals surface area contributed by atoms with Crippen LogP contribution in [-0.4, -0.2) is 18.7 Å². The van der Waals surface area contributed by atoms with Crippen molar-refractivity contribution in [3.05, 3.63) is 85.0 Å². The van der Waals surface area contributed by atoms with Crippen molar-refractivity contribution < 1.29 is 28.2 Å². The zero-order chi connectivity index (χ0) is 22.4. The second-order valence-corrected chi connectivity index (χ2v) is 6.86. The molecule has 0 saturated carbocycles. The van der Waals surface area contributed by atoms with E-state index >= 15 is 0 Å². The first kappa shape index (κ1) is 21.6. The van der Waals surface area contributed by atoms with E-state index in [4.69, 9.17) is 18.6 Å². The number of ether oxygens (including phenoxy) is 3. The summed E-state index contributed by atoms with van der Waals surface area (Å²) in [6.45, 7) is 10.0. The number of rotatable bonds is 8. The maximum absolute atomic E-state index is 11.6. The number of carbonyl (C=O) groups excluding carboxylic acids is 2. The third-order valence-corrected chi connectivity index (χ3v) is 4.21. The molecule has 0 atom stereocenters. The first-order chi connectivity index (χ1) is 14.8. The highest BCUT2D eigenvalue weighted by atomic mass is 16.7. The number of furan rings is 1. The molecular formula is C25H22O6. The number of carbonyl (C=O) groups is 2. The van der Waals surface area contributed by atoms with Crippen LogP contribution in [0.3, 0.4) is 0 Å². The summed E-state index contributed by atoms with van der Waals surface area (Å²) in [5.41, 5.74) is 2.37. The van der Waals surface area contributed by atoms with E-state index in [1.54, 1.807) is 38.1 Å². The van der Waals surface area contributed by atoms with Gasteiger partial charge in [-0.3, -0.25) is 0 Å². The minimum Gasteiger partial charge on any atom is -0.457 e. The fourth-order valence-electron chi connectivity index (χ4n) is 2.52. The Hall–Kier alpha value is -4.06. The molecule has 0 aliphatic carbocycles. The van der Waals surface area contributed by atoms with Crippen LogP contribution in [0.15, 0.2) is 89.4 Å². The molecular weight excluding hydrogens is 396 g/mol. The summed E-state index contributed by atoms with van der Waals surface area (Å²) < 4.78 is 21.4. The van der Waals surface area contributed by atoms with Gasteiger partial charge in [-0.25, -0.2) is 9.59 Å². The second kappa shape index (κ2) is 9.63. The first-order valence-electron chi connectivity index (χ1n) is 9.47. The molecule has 158 valence electrons. The Kier molecular flexibility index (Phi) is 6.72. The fourth-order valence-corrected chi connectivity index (χ4v) is 2.52. The standard InChI is InChI=1S/C25H22O6/c1-16(2)24(26)29-15-28-20-9-5-18(6-10-20)22-13-14-23(31-22)19-7-11-21(12-8-19)30-25(27)17(3)4/h5-14H,1,3,15H2,2,4H3. The van der Waals surface area contributed by atoms with Crippen LogP contribution in [0.4, 0.5) is 0 Å². The van der Waals surface area contributed by atoms with E-state index in [-0.39, 0.29) is 6.79 Å². The molecule has 3 aromatic rings. The van der Waals surface area contributed by atoms with Gasteiger partial charge in [0.2, 0.25) is 6.79 Å². The highest BCUT2D eigenvalue weighted by Gasteiger charge is 2.10. The molecule has 0 radical (unpaired) electrons. The van der Waals surface area contributed by atoms with Crippen LogP contribution in [0.1, 0.15) is 13.8 Å². The van der Waals surface area contributed by atoms with E-state index in [1.807, 2.05) is 36.4 Å². The molecule has 1 aromatic heterocycles. The van der Waals surface area contributed by atoms with Gasteiger partial charge in [0.05, 0.1) is 0 Å². The van der Waals surface area contributed by atoms with Gasteiger partial charge in [-0.15, -0.1) is 0 Å². The summed E-state index contributed by atoms with van der Waals surface area (Å²) in [5.74, 6) is 1.40. The summed E-state index contributed by atoms with van der Waals surface area (Å²) in [6.07, 6.45) is 0. The highest BCUT2D eigenvalue weighted by molar-refractivity contribution is 5.88. The lowest BCUT2D eigenvalue weighted by Crippen LogP contribution is -2.10. The average molecular weight is 418 g/mol. The van der Waals surface area contributed by atoms with Gasteiger partial charge in [-0.2, -0.15) is 0 Å². The van der Waals surface area contributed by atoms with Crippen LogP contribution < -0.4 is 9.47 Å². The van der Waals surface area contributed by atoms with E-state index in [9.17, 15) is 9.59 Å². The van der Waals surface area contributed by atoms with Gasteiger partial charge in [0.1, 0.15) is 23.0 Å². The Balaban J connectivity index is 1.62. The molecule has 3 rings (SSSR count). The summed E-state index contributed by atoms with van der Waals surface area (Å²) in [4.78, 5) is 22.9. The van der Waals surface area contributed by atoms with Crippen LogP contribution in [-0.2, 0) is 14.3 Å². The van der Waals surface area contributed by atoms with E-state index in [0.29, 0.717) is 34.2 Å². The predicted octanol–water partition coefficient (Wildman–Crippen LogP) is 5.55. The molecule has 0 fully saturated rings. The molecule has 6 heteroatoms. The molecule has 2 aromatic carbocycles. The van der Waals surface area contributed by atoms with Gasteiger partial charge >= 0.3 is 11.9 Å². The van der Waals surface area contributed by atoms with Crippen LogP contribution in [0.25, 0.3) is 22.6 Å². The lowest BCUT2D eigenvalue weighted by molar-refractivity contribution is -0.145. The molecule has 6 nitrogen and oxygen atoms in total. The van der Waals surface area contributed by atoms with E-state index in [0.717, 1.165) is 11.1 Å². The minimum absolute atomic E-state index is 0.187. The minimum atomic E-state index is -0.498. The molecule has 0 aliphatic rings. The maximum atomic E-state index is 11.6. The number of hydrogen-bond acceptors (Lipinski definition) is 6. The molecule has 0 unspecified atom stereocenters. The van der Waals surface area contributed by atoms with Gasteiger partial charge in [-0.05, 0) is 74.5 Å². The Bertz CT molecular complexity index is 1100. The largest absolute Gasteiger partial charge is 0.457 e. The van der Waals surface area contributed by atoms with Crippen molar-refractivity contribution in [2.75, 3.05) is 6.79 Å². The van der Waals surface area contributed by atoms with E-state index in [1.165, 1.54) is 0 Å². The van der Waals surface area contributed by atoms with Gasteiger partial charge in [0, 0.05) is 22.3 Å². The lowest BCUT2D eigenvalue weighted by Gasteiger charge is -2.07. The maximum Gasteiger partial charge on any atom is 0.338 e. The van der Waals surface area contributed by atoms with Crippen molar-refractivity contribution in [3.8, 4) is 34.1 Å². The molecule has 0 saturated heterocycles. The molecule has 1 heterocycles. The smallest absolute Gasteiger partial charge is 0.338 e. The third kappa shape index (κ3) is 5.73. The van der Waals surface area contributed by atoms with Crippen molar-refractivity contribution in [1.82, 2.24) is 0 Å². The first-order valence-corrected chi connectivity index (χ1v) is 9.47. The molecule has 31 heavy (non-hydrogen) atoms. The summed E-state index contributed by atoms with van der Waals surface area (Å²) in [6, 6.07) is 18.0. The summed E-state index contributed by atoms with van der Waals surface area (Å²) in [7, 11) is 0. The molecule has 0 amide bonds. The Morgan fingerprint density at radius 1 is 0.742 bits per heavy atom. The molecule has 0 aliphatic heterocycles. The molecule has 0 spiro atoms. The van der Waals surface area contributed by atoms with E-state index < -0.39 is 11.9 Å². The topological polar surface area (TPSA) is 75.0 Å². The van der Waals surface area contributed by atoms with Crippen LogP contribution in [0.5, 0.6) is 11.5 Å². The normalized spacial score (nSPS) is 10.3. The number of benzene rings is 2. The fraction of sp³-hybridized carbons (Fsp3) is 0.120. The van der Waals surface area contributed by atoms with Gasteiger partial charge in [0.25, 0.3) is 0 Å². The monoisotopic (exact) mass is 418 g/mol. The zero-order valence-electron chi connectivity index (χ0n) is 17.3. The van der Waals surface area contributed by atoms with Crippen molar-refractivity contribution in [2.24, 2.45) is 0 Å². The summed E-state index contributed by atoms with van der Waals surface area (Å²) >= 11 is 0. The Morgan fingerprint density at radius 2 is 1.23 bits per heavy atom. The Labute approximate surface area is 180 Å². The number of esters is 2. The van der Waals surface area contributed by atoms with Crippen LogP contribution >= 0.6 is 0 Å². The summed E-state index contributed by atoms with van der Waals surface area (Å²) in [5, 5.41) is 0. The molecule has 0 bridgehead atoms. The average Bonchev–Trinajstić information content (AvgIpc) is 3.24. The SMILES string of the molecule is C=C(C)C(=O)OCOc1ccc(-c2ccc(-c3ccc(OC(=O)C(=C)C)cc3)o2)cc1. The quantitative estimate of drug-likeness (QED) is 0.207. The third-order valence-electron chi connectivity index (χ3n) is 4.21. The highest BCUT2D eigenvalue weighted by Crippen LogP contribution is 2.30. The van der Waals surface area contributed by atoms with Crippen molar-refractivity contribution >= 4 is 11.9 Å². The van der Waals surface area contributed by atoms with Crippen LogP contribution in [0, 0.1) is 0 Å². The number of hydrogen-bond donors (Lipinski definition) is 0. The lowest BCUT2D eigenvalue weighted by atomic mass is 10.1.